The highest BCUT2D eigenvalue weighted by atomic mass is 16.5. The van der Waals surface area contributed by atoms with Gasteiger partial charge in [0.2, 0.25) is 0 Å². The van der Waals surface area contributed by atoms with E-state index in [1.165, 1.54) is 89.1 Å². The molecule has 1 N–H and O–H groups in total. The minimum atomic E-state index is -0.352. The predicted molar refractivity (Wildman–Crippen MR) is 166 cm³/mol. The third-order valence-corrected chi connectivity index (χ3v) is 10.9. The third kappa shape index (κ3) is 5.09. The van der Waals surface area contributed by atoms with E-state index in [2.05, 4.69) is 39.9 Å². The molecule has 0 unspecified atom stereocenters. The molecule has 7 nitrogen and oxygen atoms in total. The number of carbonyl (C=O) groups excluding carboxylic acids is 1. The topological polar surface area (TPSA) is 82.0 Å². The number of fused-ring (bicyclic) bond motifs is 1. The number of rotatable bonds is 8. The molecule has 5 aliphatic rings. The lowest BCUT2D eigenvalue weighted by Crippen LogP contribution is -2.51. The summed E-state index contributed by atoms with van der Waals surface area (Å²) in [4.78, 5) is 26.2. The van der Waals surface area contributed by atoms with Crippen LogP contribution in [0.25, 0.3) is 22.6 Å². The van der Waals surface area contributed by atoms with Crippen molar-refractivity contribution in [3.8, 4) is 11.5 Å². The summed E-state index contributed by atoms with van der Waals surface area (Å²) in [7, 11) is 1.41. The van der Waals surface area contributed by atoms with E-state index < -0.39 is 0 Å². The van der Waals surface area contributed by atoms with E-state index in [4.69, 9.17) is 19.4 Å². The number of aromatic amines is 1. The van der Waals surface area contributed by atoms with Crippen LogP contribution in [0.4, 0.5) is 0 Å². The van der Waals surface area contributed by atoms with Crippen molar-refractivity contribution in [2.24, 2.45) is 17.8 Å². The summed E-state index contributed by atoms with van der Waals surface area (Å²) in [6, 6.07) is 16.2. The maximum atomic E-state index is 12.2. The fraction of sp³-hybridized carbons (Fsp3) is 0.528. The second-order valence-corrected chi connectivity index (χ2v) is 13.9. The summed E-state index contributed by atoms with van der Waals surface area (Å²) < 4.78 is 14.6. The standard InChI is InChI=1S/C36H42N4O3/c1-42-35(41)28-12-13-29-30(17-28)38-33(37-29)32-31(22-43-36-18-24-14-25(19-36)16-26(15-24)20-36)40(21-23-8-4-2-5-9-23)34(39-32)27-10-6-3-7-11-27/h2,4-5,8-9,12-13,17,24-27H,3,6-7,10-11,14-16,18-22H2,1H3,(H,37,38). The lowest BCUT2D eigenvalue weighted by atomic mass is 9.54. The van der Waals surface area contributed by atoms with Crippen LogP contribution in [-0.2, 0) is 22.6 Å². The molecule has 4 aromatic rings. The lowest BCUT2D eigenvalue weighted by molar-refractivity contribution is -0.169. The summed E-state index contributed by atoms with van der Waals surface area (Å²) in [5.74, 6) is 4.48. The number of hydrogen-bond donors (Lipinski definition) is 1. The van der Waals surface area contributed by atoms with Gasteiger partial charge in [-0.25, -0.2) is 14.8 Å². The van der Waals surface area contributed by atoms with Crippen LogP contribution in [0, 0.1) is 17.8 Å². The zero-order valence-electron chi connectivity index (χ0n) is 25.2. The van der Waals surface area contributed by atoms with E-state index in [9.17, 15) is 4.79 Å². The van der Waals surface area contributed by atoms with Crippen molar-refractivity contribution in [2.45, 2.75) is 95.3 Å². The molecule has 2 heterocycles. The maximum Gasteiger partial charge on any atom is 0.337 e. The van der Waals surface area contributed by atoms with Crippen LogP contribution in [0.2, 0.25) is 0 Å². The molecule has 5 aliphatic carbocycles. The molecule has 7 heteroatoms. The molecule has 5 fully saturated rings. The van der Waals surface area contributed by atoms with Crippen molar-refractivity contribution in [3.05, 3.63) is 71.2 Å². The van der Waals surface area contributed by atoms with Crippen molar-refractivity contribution in [2.75, 3.05) is 7.11 Å². The predicted octanol–water partition coefficient (Wildman–Crippen LogP) is 7.79. The molecule has 2 aromatic carbocycles. The monoisotopic (exact) mass is 578 g/mol. The summed E-state index contributed by atoms with van der Waals surface area (Å²) in [6.45, 7) is 1.31. The van der Waals surface area contributed by atoms with Gasteiger partial charge >= 0.3 is 5.97 Å². The molecule has 0 aliphatic heterocycles. The van der Waals surface area contributed by atoms with Crippen molar-refractivity contribution in [1.82, 2.24) is 19.5 Å². The summed E-state index contributed by atoms with van der Waals surface area (Å²) >= 11 is 0. The van der Waals surface area contributed by atoms with Gasteiger partial charge in [-0.15, -0.1) is 0 Å². The fourth-order valence-corrected chi connectivity index (χ4v) is 9.25. The van der Waals surface area contributed by atoms with Gasteiger partial charge in [-0.05, 0) is 92.9 Å². The second kappa shape index (κ2) is 10.9. The molecule has 0 amide bonds. The Morgan fingerprint density at radius 1 is 0.953 bits per heavy atom. The Morgan fingerprint density at radius 2 is 1.67 bits per heavy atom. The first-order chi connectivity index (χ1) is 21.1. The number of H-pyrrole nitrogens is 1. The van der Waals surface area contributed by atoms with Crippen molar-refractivity contribution in [3.63, 3.8) is 0 Å². The highest BCUT2D eigenvalue weighted by Crippen LogP contribution is 2.57. The van der Waals surface area contributed by atoms with Gasteiger partial charge in [-0.1, -0.05) is 49.6 Å². The minimum Gasteiger partial charge on any atom is -0.465 e. The molecule has 0 radical (unpaired) electrons. The van der Waals surface area contributed by atoms with Gasteiger partial charge in [-0.2, -0.15) is 0 Å². The van der Waals surface area contributed by atoms with Crippen molar-refractivity contribution < 1.29 is 14.3 Å². The van der Waals surface area contributed by atoms with E-state index >= 15 is 0 Å². The molecule has 5 saturated carbocycles. The van der Waals surface area contributed by atoms with E-state index in [1.54, 1.807) is 6.07 Å². The quantitative estimate of drug-likeness (QED) is 0.216. The van der Waals surface area contributed by atoms with Crippen LogP contribution >= 0.6 is 0 Å². The van der Waals surface area contributed by atoms with Crippen LogP contribution in [0.5, 0.6) is 0 Å². The number of ether oxygens (including phenoxy) is 2. The maximum absolute atomic E-state index is 12.2. The van der Waals surface area contributed by atoms with E-state index in [-0.39, 0.29) is 11.6 Å². The van der Waals surface area contributed by atoms with Crippen LogP contribution < -0.4 is 0 Å². The number of nitrogens with zero attached hydrogens (tertiary/aromatic N) is 3. The smallest absolute Gasteiger partial charge is 0.337 e. The van der Waals surface area contributed by atoms with Crippen molar-refractivity contribution >= 4 is 17.0 Å². The lowest BCUT2D eigenvalue weighted by Gasteiger charge is -2.56. The first kappa shape index (κ1) is 27.1. The molecule has 0 spiro atoms. The Kier molecular flexibility index (Phi) is 6.89. The Morgan fingerprint density at radius 3 is 2.37 bits per heavy atom. The number of benzene rings is 2. The largest absolute Gasteiger partial charge is 0.465 e. The van der Waals surface area contributed by atoms with Crippen LogP contribution in [-0.4, -0.2) is 38.2 Å². The Labute approximate surface area is 253 Å². The van der Waals surface area contributed by atoms with Gasteiger partial charge in [0, 0.05) is 12.5 Å². The summed E-state index contributed by atoms with van der Waals surface area (Å²) in [5, 5.41) is 0. The first-order valence-electron chi connectivity index (χ1n) is 16.4. The van der Waals surface area contributed by atoms with Gasteiger partial charge in [-0.3, -0.25) is 0 Å². The highest BCUT2D eigenvalue weighted by molar-refractivity contribution is 5.94. The fourth-order valence-electron chi connectivity index (χ4n) is 9.25. The molecule has 2 aromatic heterocycles. The Bertz CT molecular complexity index is 1600. The minimum absolute atomic E-state index is 0.00214. The second-order valence-electron chi connectivity index (χ2n) is 13.9. The average Bonchev–Trinajstić information content (AvgIpc) is 3.61. The van der Waals surface area contributed by atoms with E-state index in [1.807, 2.05) is 12.1 Å². The molecule has 9 rings (SSSR count). The number of nitrogens with one attached hydrogen (secondary N) is 1. The van der Waals surface area contributed by atoms with Gasteiger partial charge in [0.1, 0.15) is 11.5 Å². The molecule has 4 bridgehead atoms. The van der Waals surface area contributed by atoms with E-state index in [0.29, 0.717) is 18.1 Å². The molecule has 43 heavy (non-hydrogen) atoms. The Hall–Kier alpha value is -3.45. The van der Waals surface area contributed by atoms with Crippen LogP contribution in [0.3, 0.4) is 0 Å². The number of imidazole rings is 2. The third-order valence-electron chi connectivity index (χ3n) is 10.9. The normalized spacial score (nSPS) is 26.8. The molecule has 224 valence electrons. The van der Waals surface area contributed by atoms with Crippen LogP contribution in [0.1, 0.15) is 104 Å². The summed E-state index contributed by atoms with van der Waals surface area (Å²) in [6.07, 6.45) is 14.0. The van der Waals surface area contributed by atoms with E-state index in [0.717, 1.165) is 52.5 Å². The van der Waals surface area contributed by atoms with Gasteiger partial charge < -0.3 is 19.0 Å². The van der Waals surface area contributed by atoms with Gasteiger partial charge in [0.25, 0.3) is 0 Å². The number of hydrogen-bond acceptors (Lipinski definition) is 5. The van der Waals surface area contributed by atoms with Crippen LogP contribution in [0.15, 0.2) is 48.5 Å². The first-order valence-corrected chi connectivity index (χ1v) is 16.4. The Balaban J connectivity index is 1.23. The van der Waals surface area contributed by atoms with Gasteiger partial charge in [0.05, 0.1) is 41.6 Å². The molecular formula is C36H42N4O3. The molecule has 0 saturated heterocycles. The number of esters is 1. The highest BCUT2D eigenvalue weighted by Gasteiger charge is 2.52. The van der Waals surface area contributed by atoms with Gasteiger partial charge in [0.15, 0.2) is 5.82 Å². The van der Waals surface area contributed by atoms with Crippen molar-refractivity contribution in [1.29, 1.82) is 0 Å². The average molecular weight is 579 g/mol. The summed E-state index contributed by atoms with van der Waals surface area (Å²) in [5.41, 5.74) is 5.40. The SMILES string of the molecule is COC(=O)c1ccc2nc(-c3nc(C4CCCCC4)n(Cc4ccccc4)c3COC34CC5CC(CC(C5)C3)C4)[nH]c2c1. The zero-order valence-corrected chi connectivity index (χ0v) is 25.2. The zero-order chi connectivity index (χ0) is 29.0. The number of carbonyl (C=O) groups is 1. The molecular weight excluding hydrogens is 536 g/mol. The number of methoxy groups -OCH3 is 1. The number of aromatic nitrogens is 4. The molecule has 0 atom stereocenters.